The van der Waals surface area contributed by atoms with Crippen LogP contribution in [0.5, 0.6) is 0 Å². The molecule has 0 fully saturated rings. The lowest BCUT2D eigenvalue weighted by atomic mass is 9.92. The molecule has 1 aromatic rings. The molecular formula is C13H18FNO2. The van der Waals surface area contributed by atoms with Crippen LogP contribution < -0.4 is 5.32 Å². The van der Waals surface area contributed by atoms with E-state index in [0.717, 1.165) is 0 Å². The first-order valence-corrected chi connectivity index (χ1v) is 5.73. The van der Waals surface area contributed by atoms with Gasteiger partial charge in [-0.3, -0.25) is 0 Å². The van der Waals surface area contributed by atoms with Crippen molar-refractivity contribution < 1.29 is 14.3 Å². The van der Waals surface area contributed by atoms with Crippen LogP contribution in [0.1, 0.15) is 32.3 Å². The fraction of sp³-hybridized carbons (Fsp3) is 0.462. The summed E-state index contributed by atoms with van der Waals surface area (Å²) in [6, 6.07) is 4.53. The van der Waals surface area contributed by atoms with Gasteiger partial charge in [0.1, 0.15) is 11.4 Å². The van der Waals surface area contributed by atoms with Crippen molar-refractivity contribution in [2.75, 3.05) is 5.32 Å². The van der Waals surface area contributed by atoms with Gasteiger partial charge in [0.15, 0.2) is 0 Å². The van der Waals surface area contributed by atoms with Crippen molar-refractivity contribution in [1.82, 2.24) is 0 Å². The number of aryl methyl sites for hydroxylation is 1. The Hall–Kier alpha value is -1.58. The van der Waals surface area contributed by atoms with Crippen LogP contribution in [0.25, 0.3) is 0 Å². The van der Waals surface area contributed by atoms with Gasteiger partial charge in [0.2, 0.25) is 0 Å². The highest BCUT2D eigenvalue weighted by Crippen LogP contribution is 2.24. The van der Waals surface area contributed by atoms with Crippen LogP contribution >= 0.6 is 0 Å². The minimum absolute atomic E-state index is 0.288. The molecule has 1 rings (SSSR count). The molecule has 0 radical (unpaired) electrons. The van der Waals surface area contributed by atoms with Crippen molar-refractivity contribution in [2.24, 2.45) is 0 Å². The third-order valence-corrected chi connectivity index (χ3v) is 3.16. The molecule has 17 heavy (non-hydrogen) atoms. The summed E-state index contributed by atoms with van der Waals surface area (Å²) in [4.78, 5) is 11.3. The summed E-state index contributed by atoms with van der Waals surface area (Å²) in [5.41, 5.74) is 0.154. The topological polar surface area (TPSA) is 49.3 Å². The van der Waals surface area contributed by atoms with Gasteiger partial charge in [-0.1, -0.05) is 13.8 Å². The zero-order chi connectivity index (χ0) is 13.1. The van der Waals surface area contributed by atoms with Crippen LogP contribution in [0.15, 0.2) is 18.2 Å². The number of hydrogen-bond donors (Lipinski definition) is 2. The van der Waals surface area contributed by atoms with Gasteiger partial charge in [-0.25, -0.2) is 9.18 Å². The maximum absolute atomic E-state index is 13.1. The van der Waals surface area contributed by atoms with E-state index in [0.29, 0.717) is 24.1 Å². The van der Waals surface area contributed by atoms with Crippen LogP contribution in [0, 0.1) is 12.7 Å². The maximum Gasteiger partial charge on any atom is 0.329 e. The number of nitrogens with one attached hydrogen (secondary N) is 1. The molecule has 1 aromatic carbocycles. The van der Waals surface area contributed by atoms with Crippen LogP contribution in [-0.2, 0) is 4.79 Å². The number of hydrogen-bond acceptors (Lipinski definition) is 2. The van der Waals surface area contributed by atoms with Crippen molar-refractivity contribution in [2.45, 2.75) is 39.2 Å². The third-order valence-electron chi connectivity index (χ3n) is 3.16. The number of anilines is 1. The number of carboxylic acid groups (broad SMARTS) is 1. The van der Waals surface area contributed by atoms with Crippen LogP contribution in [0.3, 0.4) is 0 Å². The minimum atomic E-state index is -0.982. The van der Waals surface area contributed by atoms with Crippen LogP contribution in [0.4, 0.5) is 10.1 Å². The molecule has 0 heterocycles. The molecule has 0 aliphatic carbocycles. The zero-order valence-electron chi connectivity index (χ0n) is 10.4. The SMILES string of the molecule is CCC(CC)(Nc1ccc(F)c(C)c1)C(=O)O. The summed E-state index contributed by atoms with van der Waals surface area (Å²) in [6.07, 6.45) is 0.935. The number of rotatable bonds is 5. The van der Waals surface area contributed by atoms with E-state index in [9.17, 15) is 14.3 Å². The van der Waals surface area contributed by atoms with Crippen molar-refractivity contribution in [1.29, 1.82) is 0 Å². The molecule has 0 saturated carbocycles. The minimum Gasteiger partial charge on any atom is -0.480 e. The third kappa shape index (κ3) is 2.75. The summed E-state index contributed by atoms with van der Waals surface area (Å²) in [5, 5.41) is 12.3. The average Bonchev–Trinajstić information content (AvgIpc) is 2.30. The molecule has 0 unspecified atom stereocenters. The normalized spacial score (nSPS) is 11.3. The van der Waals surface area contributed by atoms with Gasteiger partial charge in [0.05, 0.1) is 0 Å². The second kappa shape index (κ2) is 5.17. The smallest absolute Gasteiger partial charge is 0.329 e. The Morgan fingerprint density at radius 2 is 2.00 bits per heavy atom. The predicted molar refractivity (Wildman–Crippen MR) is 65.7 cm³/mol. The second-order valence-corrected chi connectivity index (χ2v) is 4.18. The molecule has 0 atom stereocenters. The Morgan fingerprint density at radius 3 is 2.41 bits per heavy atom. The summed E-state index contributed by atoms with van der Waals surface area (Å²) < 4.78 is 13.1. The lowest BCUT2D eigenvalue weighted by molar-refractivity contribution is -0.142. The predicted octanol–water partition coefficient (Wildman–Crippen LogP) is 3.19. The summed E-state index contributed by atoms with van der Waals surface area (Å²) >= 11 is 0. The van der Waals surface area contributed by atoms with Crippen LogP contribution in [-0.4, -0.2) is 16.6 Å². The van der Waals surface area contributed by atoms with Gasteiger partial charge in [-0.15, -0.1) is 0 Å². The molecular weight excluding hydrogens is 221 g/mol. The molecule has 2 N–H and O–H groups in total. The van der Waals surface area contributed by atoms with Gasteiger partial charge in [0, 0.05) is 5.69 Å². The van der Waals surface area contributed by atoms with Crippen molar-refractivity contribution >= 4 is 11.7 Å². The van der Waals surface area contributed by atoms with E-state index in [4.69, 9.17) is 0 Å². The lowest BCUT2D eigenvalue weighted by Gasteiger charge is -2.29. The summed E-state index contributed by atoms with van der Waals surface area (Å²) in [7, 11) is 0. The van der Waals surface area contributed by atoms with Gasteiger partial charge >= 0.3 is 5.97 Å². The Balaban J connectivity index is 3.01. The Kier molecular flexibility index (Phi) is 4.10. The van der Waals surface area contributed by atoms with E-state index in [1.165, 1.54) is 6.07 Å². The Bertz CT molecular complexity index is 414. The summed E-state index contributed by atoms with van der Waals surface area (Å²) in [6.45, 7) is 5.29. The fourth-order valence-corrected chi connectivity index (χ4v) is 1.78. The van der Waals surface area contributed by atoms with E-state index in [1.54, 1.807) is 19.1 Å². The standard InChI is InChI=1S/C13H18FNO2/c1-4-13(5-2,12(16)17)15-10-6-7-11(14)9(3)8-10/h6-8,15H,4-5H2,1-3H3,(H,16,17). The molecule has 0 aromatic heterocycles. The first-order chi connectivity index (χ1) is 7.95. The quantitative estimate of drug-likeness (QED) is 0.829. The van der Waals surface area contributed by atoms with E-state index in [-0.39, 0.29) is 5.82 Å². The van der Waals surface area contributed by atoms with E-state index in [1.807, 2.05) is 13.8 Å². The molecule has 3 nitrogen and oxygen atoms in total. The number of halogens is 1. The highest BCUT2D eigenvalue weighted by molar-refractivity contribution is 5.82. The Morgan fingerprint density at radius 1 is 1.41 bits per heavy atom. The summed E-state index contributed by atoms with van der Waals surface area (Å²) in [5.74, 6) is -1.17. The molecule has 0 saturated heterocycles. The average molecular weight is 239 g/mol. The highest BCUT2D eigenvalue weighted by atomic mass is 19.1. The molecule has 0 amide bonds. The second-order valence-electron chi connectivity index (χ2n) is 4.18. The van der Waals surface area contributed by atoms with Crippen LogP contribution in [0.2, 0.25) is 0 Å². The molecule has 0 spiro atoms. The van der Waals surface area contributed by atoms with Gasteiger partial charge in [0.25, 0.3) is 0 Å². The van der Waals surface area contributed by atoms with Gasteiger partial charge in [-0.2, -0.15) is 0 Å². The molecule has 0 aliphatic rings. The zero-order valence-corrected chi connectivity index (χ0v) is 10.4. The Labute approximate surface area is 101 Å². The van der Waals surface area contributed by atoms with Crippen molar-refractivity contribution in [3.8, 4) is 0 Å². The monoisotopic (exact) mass is 239 g/mol. The first kappa shape index (κ1) is 13.5. The van der Waals surface area contributed by atoms with E-state index >= 15 is 0 Å². The number of carbonyl (C=O) groups is 1. The number of aliphatic carboxylic acids is 1. The lowest BCUT2D eigenvalue weighted by Crippen LogP contribution is -2.45. The molecule has 0 aliphatic heterocycles. The molecule has 94 valence electrons. The van der Waals surface area contributed by atoms with Crippen molar-refractivity contribution in [3.63, 3.8) is 0 Å². The fourth-order valence-electron chi connectivity index (χ4n) is 1.78. The molecule has 4 heteroatoms. The van der Waals surface area contributed by atoms with Gasteiger partial charge < -0.3 is 10.4 Å². The highest BCUT2D eigenvalue weighted by Gasteiger charge is 2.34. The van der Waals surface area contributed by atoms with Gasteiger partial charge in [-0.05, 0) is 43.5 Å². The van der Waals surface area contributed by atoms with E-state index < -0.39 is 11.5 Å². The van der Waals surface area contributed by atoms with Crippen molar-refractivity contribution in [3.05, 3.63) is 29.6 Å². The number of benzene rings is 1. The first-order valence-electron chi connectivity index (χ1n) is 5.73. The maximum atomic E-state index is 13.1. The number of carboxylic acids is 1. The largest absolute Gasteiger partial charge is 0.480 e. The molecule has 0 bridgehead atoms. The van der Waals surface area contributed by atoms with E-state index in [2.05, 4.69) is 5.32 Å².